The number of carboxylic acid groups (broad SMARTS) is 1. The highest BCUT2D eigenvalue weighted by molar-refractivity contribution is 8.23. The Kier molecular flexibility index (Phi) is 9.40. The van der Waals surface area contributed by atoms with Gasteiger partial charge in [0.05, 0.1) is 5.75 Å². The number of rotatable bonds is 8. The molecule has 0 aliphatic carbocycles. The maximum atomic E-state index is 10.2. The highest BCUT2D eigenvalue weighted by Gasteiger charge is 2.01. The third-order valence-corrected chi connectivity index (χ3v) is 3.32. The minimum atomic E-state index is -0.789. The van der Waals surface area contributed by atoms with Gasteiger partial charge in [0.25, 0.3) is 0 Å². The van der Waals surface area contributed by atoms with E-state index in [-0.39, 0.29) is 5.75 Å². The molecule has 0 aromatic rings. The summed E-state index contributed by atoms with van der Waals surface area (Å²) in [7, 11) is 0. The van der Waals surface area contributed by atoms with Crippen molar-refractivity contribution in [2.75, 3.05) is 5.75 Å². The third-order valence-electron chi connectivity index (χ3n) is 1.84. The first kappa shape index (κ1) is 13.9. The standard InChI is InChI=1S/C10H18O2S2/c1-2-3-4-5-6-7-10(13)14-8-9(11)12/h2-8H2,1H3,(H,11,12). The Hall–Kier alpha value is -0.0900. The molecule has 0 fully saturated rings. The van der Waals surface area contributed by atoms with Crippen LogP contribution in [0.4, 0.5) is 0 Å². The quantitative estimate of drug-likeness (QED) is 0.515. The molecule has 82 valence electrons. The summed E-state index contributed by atoms with van der Waals surface area (Å²) >= 11 is 6.33. The molecule has 4 heteroatoms. The average molecular weight is 234 g/mol. The van der Waals surface area contributed by atoms with Crippen LogP contribution in [-0.4, -0.2) is 21.0 Å². The van der Waals surface area contributed by atoms with Crippen molar-refractivity contribution in [3.05, 3.63) is 0 Å². The highest BCUT2D eigenvalue weighted by Crippen LogP contribution is 2.13. The minimum absolute atomic E-state index is 0.105. The molecule has 0 spiro atoms. The van der Waals surface area contributed by atoms with E-state index in [4.69, 9.17) is 17.3 Å². The molecular formula is C10H18O2S2. The number of hydrogen-bond acceptors (Lipinski definition) is 3. The summed E-state index contributed by atoms with van der Waals surface area (Å²) in [6.45, 7) is 2.19. The summed E-state index contributed by atoms with van der Waals surface area (Å²) < 4.78 is 0.837. The van der Waals surface area contributed by atoms with E-state index >= 15 is 0 Å². The van der Waals surface area contributed by atoms with Crippen molar-refractivity contribution < 1.29 is 9.90 Å². The molecule has 1 N–H and O–H groups in total. The molecule has 0 heterocycles. The summed E-state index contributed by atoms with van der Waals surface area (Å²) in [5.41, 5.74) is 0. The highest BCUT2D eigenvalue weighted by atomic mass is 32.2. The van der Waals surface area contributed by atoms with Gasteiger partial charge in [-0.2, -0.15) is 0 Å². The average Bonchev–Trinajstić information content (AvgIpc) is 2.14. The Morgan fingerprint density at radius 3 is 2.50 bits per heavy atom. The van der Waals surface area contributed by atoms with Gasteiger partial charge >= 0.3 is 5.97 Å². The van der Waals surface area contributed by atoms with Gasteiger partial charge in [0.15, 0.2) is 0 Å². The molecule has 14 heavy (non-hydrogen) atoms. The van der Waals surface area contributed by atoms with Crippen LogP contribution in [0.3, 0.4) is 0 Å². The Bertz CT molecular complexity index is 181. The zero-order chi connectivity index (χ0) is 10.8. The Morgan fingerprint density at radius 1 is 1.29 bits per heavy atom. The van der Waals surface area contributed by atoms with Crippen LogP contribution in [-0.2, 0) is 4.79 Å². The van der Waals surface area contributed by atoms with E-state index in [0.717, 1.165) is 17.0 Å². The van der Waals surface area contributed by atoms with E-state index < -0.39 is 5.97 Å². The van der Waals surface area contributed by atoms with E-state index in [1.165, 1.54) is 37.4 Å². The van der Waals surface area contributed by atoms with Gasteiger partial charge in [-0.1, -0.05) is 44.8 Å². The van der Waals surface area contributed by atoms with Gasteiger partial charge in [0.2, 0.25) is 0 Å². The molecule has 0 aromatic heterocycles. The fourth-order valence-corrected chi connectivity index (χ4v) is 1.98. The summed E-state index contributed by atoms with van der Waals surface area (Å²) in [4.78, 5) is 10.2. The second-order valence-corrected chi connectivity index (χ2v) is 5.04. The van der Waals surface area contributed by atoms with Crippen LogP contribution < -0.4 is 0 Å². The fraction of sp³-hybridized carbons (Fsp3) is 0.800. The first-order valence-corrected chi connectivity index (χ1v) is 6.43. The number of unbranched alkanes of at least 4 members (excludes halogenated alkanes) is 4. The van der Waals surface area contributed by atoms with Gasteiger partial charge in [-0.15, -0.1) is 11.8 Å². The summed E-state index contributed by atoms with van der Waals surface area (Å²) in [6, 6.07) is 0. The fourth-order valence-electron chi connectivity index (χ4n) is 1.09. The van der Waals surface area contributed by atoms with E-state index in [9.17, 15) is 4.79 Å². The lowest BCUT2D eigenvalue weighted by molar-refractivity contribution is -0.133. The van der Waals surface area contributed by atoms with Crippen molar-refractivity contribution in [3.8, 4) is 0 Å². The zero-order valence-electron chi connectivity index (χ0n) is 8.62. The van der Waals surface area contributed by atoms with E-state index in [0.29, 0.717) is 0 Å². The summed E-state index contributed by atoms with van der Waals surface area (Å²) in [5, 5.41) is 8.42. The van der Waals surface area contributed by atoms with Crippen molar-refractivity contribution in [1.82, 2.24) is 0 Å². The Balaban J connectivity index is 3.22. The zero-order valence-corrected chi connectivity index (χ0v) is 10.3. The van der Waals surface area contributed by atoms with Crippen LogP contribution in [0.1, 0.15) is 45.4 Å². The van der Waals surface area contributed by atoms with Gasteiger partial charge in [0, 0.05) is 4.20 Å². The second kappa shape index (κ2) is 9.46. The Morgan fingerprint density at radius 2 is 1.93 bits per heavy atom. The van der Waals surface area contributed by atoms with Gasteiger partial charge in [0.1, 0.15) is 0 Å². The molecule has 0 aliphatic rings. The van der Waals surface area contributed by atoms with Crippen molar-refractivity contribution in [1.29, 1.82) is 0 Å². The summed E-state index contributed by atoms with van der Waals surface area (Å²) in [5.74, 6) is -0.684. The second-order valence-electron chi connectivity index (χ2n) is 3.22. The van der Waals surface area contributed by atoms with Crippen LogP contribution in [0.5, 0.6) is 0 Å². The Labute approximate surface area is 95.5 Å². The topological polar surface area (TPSA) is 37.3 Å². The van der Waals surface area contributed by atoms with Gasteiger partial charge in [-0.05, 0) is 12.8 Å². The van der Waals surface area contributed by atoms with Crippen molar-refractivity contribution in [2.45, 2.75) is 45.4 Å². The van der Waals surface area contributed by atoms with Crippen molar-refractivity contribution >= 4 is 34.1 Å². The van der Waals surface area contributed by atoms with E-state index in [1.54, 1.807) is 0 Å². The molecule has 0 aromatic carbocycles. The number of carbonyl (C=O) groups is 1. The SMILES string of the molecule is CCCCCCCC(=S)SCC(=O)O. The maximum Gasteiger partial charge on any atom is 0.313 e. The molecule has 0 radical (unpaired) electrons. The predicted octanol–water partition coefficient (Wildman–Crippen LogP) is 3.49. The van der Waals surface area contributed by atoms with Crippen LogP contribution >= 0.6 is 24.0 Å². The van der Waals surface area contributed by atoms with Gasteiger partial charge in [-0.25, -0.2) is 0 Å². The number of aliphatic carboxylic acids is 1. The number of hydrogen-bond donors (Lipinski definition) is 1. The first-order chi connectivity index (χ1) is 6.66. The molecule has 0 bridgehead atoms. The summed E-state index contributed by atoms with van der Waals surface area (Å²) in [6.07, 6.45) is 7.00. The van der Waals surface area contributed by atoms with Gasteiger partial charge in [-0.3, -0.25) is 4.79 Å². The smallest absolute Gasteiger partial charge is 0.313 e. The third kappa shape index (κ3) is 9.99. The molecular weight excluding hydrogens is 216 g/mol. The number of carboxylic acids is 1. The molecule has 2 nitrogen and oxygen atoms in total. The largest absolute Gasteiger partial charge is 0.481 e. The molecule has 0 rings (SSSR count). The van der Waals surface area contributed by atoms with Crippen LogP contribution in [0.2, 0.25) is 0 Å². The lowest BCUT2D eigenvalue weighted by Gasteiger charge is -2.01. The first-order valence-electron chi connectivity index (χ1n) is 5.04. The minimum Gasteiger partial charge on any atom is -0.481 e. The molecule has 0 unspecified atom stereocenters. The molecule has 0 saturated carbocycles. The van der Waals surface area contributed by atoms with Crippen LogP contribution in [0.15, 0.2) is 0 Å². The van der Waals surface area contributed by atoms with Crippen molar-refractivity contribution in [3.63, 3.8) is 0 Å². The van der Waals surface area contributed by atoms with Crippen LogP contribution in [0, 0.1) is 0 Å². The van der Waals surface area contributed by atoms with Crippen LogP contribution in [0.25, 0.3) is 0 Å². The lowest BCUT2D eigenvalue weighted by Crippen LogP contribution is -2.01. The van der Waals surface area contributed by atoms with E-state index in [2.05, 4.69) is 6.92 Å². The maximum absolute atomic E-state index is 10.2. The number of thioether (sulfide) groups is 1. The van der Waals surface area contributed by atoms with Gasteiger partial charge < -0.3 is 5.11 Å². The van der Waals surface area contributed by atoms with Crippen molar-refractivity contribution in [2.24, 2.45) is 0 Å². The lowest BCUT2D eigenvalue weighted by atomic mass is 10.1. The monoisotopic (exact) mass is 234 g/mol. The number of thiocarbonyl (C=S) groups is 1. The molecule has 0 aliphatic heterocycles. The predicted molar refractivity (Wildman–Crippen MR) is 66.1 cm³/mol. The normalized spacial score (nSPS) is 10.1. The van der Waals surface area contributed by atoms with E-state index in [1.807, 2.05) is 0 Å². The molecule has 0 saturated heterocycles. The molecule has 0 amide bonds. The molecule has 0 atom stereocenters.